The summed E-state index contributed by atoms with van der Waals surface area (Å²) in [5, 5.41) is 0. The Morgan fingerprint density at radius 2 is 1.96 bits per heavy atom. The monoisotopic (exact) mass is 360 g/mol. The standard InChI is InChI=1S/C18H20N2O4S/c1-3-20-16-9-8-15(10-14(16)11-18(20)21)19-25(22,23)12-13-6-4-5-7-17(13)24-2/h4-10,19H,3,11-12H2,1-2H3. The molecule has 0 aliphatic carbocycles. The highest BCUT2D eigenvalue weighted by Crippen LogP contribution is 2.31. The van der Waals surface area contributed by atoms with Gasteiger partial charge in [0.1, 0.15) is 5.75 Å². The van der Waals surface area contributed by atoms with Gasteiger partial charge in [0.15, 0.2) is 0 Å². The summed E-state index contributed by atoms with van der Waals surface area (Å²) in [6.45, 7) is 2.52. The highest BCUT2D eigenvalue weighted by molar-refractivity contribution is 7.91. The van der Waals surface area contributed by atoms with Crippen molar-refractivity contribution in [3.05, 3.63) is 53.6 Å². The van der Waals surface area contributed by atoms with Gasteiger partial charge in [0.05, 0.1) is 19.3 Å². The van der Waals surface area contributed by atoms with E-state index in [-0.39, 0.29) is 11.7 Å². The Bertz CT molecular complexity index is 909. The molecule has 0 unspecified atom stereocenters. The van der Waals surface area contributed by atoms with Crippen molar-refractivity contribution < 1.29 is 17.9 Å². The minimum Gasteiger partial charge on any atom is -0.496 e. The van der Waals surface area contributed by atoms with E-state index in [0.29, 0.717) is 30.0 Å². The van der Waals surface area contributed by atoms with E-state index in [1.54, 1.807) is 47.4 Å². The van der Waals surface area contributed by atoms with Crippen molar-refractivity contribution in [1.29, 1.82) is 0 Å². The van der Waals surface area contributed by atoms with Crippen LogP contribution in [0.15, 0.2) is 42.5 Å². The van der Waals surface area contributed by atoms with Crippen molar-refractivity contribution in [1.82, 2.24) is 0 Å². The topological polar surface area (TPSA) is 75.7 Å². The molecule has 7 heteroatoms. The largest absolute Gasteiger partial charge is 0.496 e. The summed E-state index contributed by atoms with van der Waals surface area (Å²) in [4.78, 5) is 13.6. The first-order valence-corrected chi connectivity index (χ1v) is 9.64. The van der Waals surface area contributed by atoms with Crippen LogP contribution in [0.3, 0.4) is 0 Å². The van der Waals surface area contributed by atoms with Crippen LogP contribution in [0.25, 0.3) is 0 Å². The third-order valence-corrected chi connectivity index (χ3v) is 5.38. The lowest BCUT2D eigenvalue weighted by Crippen LogP contribution is -2.25. The second kappa shape index (κ2) is 6.76. The number of para-hydroxylation sites is 1. The van der Waals surface area contributed by atoms with E-state index >= 15 is 0 Å². The lowest BCUT2D eigenvalue weighted by Gasteiger charge is -2.15. The van der Waals surface area contributed by atoms with Gasteiger partial charge in [-0.1, -0.05) is 18.2 Å². The smallest absolute Gasteiger partial charge is 0.237 e. The molecule has 132 valence electrons. The van der Waals surface area contributed by atoms with Gasteiger partial charge in [0, 0.05) is 23.5 Å². The fourth-order valence-electron chi connectivity index (χ4n) is 3.04. The molecular formula is C18H20N2O4S. The molecule has 1 aliphatic rings. The number of sulfonamides is 1. The molecule has 0 spiro atoms. The predicted octanol–water partition coefficient (Wildman–Crippen LogP) is 2.55. The Kier molecular flexibility index (Phi) is 4.67. The molecule has 0 fully saturated rings. The highest BCUT2D eigenvalue weighted by atomic mass is 32.2. The quantitative estimate of drug-likeness (QED) is 0.859. The number of hydrogen-bond acceptors (Lipinski definition) is 4. The van der Waals surface area contributed by atoms with Crippen LogP contribution in [0, 0.1) is 0 Å². The predicted molar refractivity (Wildman–Crippen MR) is 97.4 cm³/mol. The zero-order chi connectivity index (χ0) is 18.0. The van der Waals surface area contributed by atoms with Crippen LogP contribution in [0.1, 0.15) is 18.1 Å². The van der Waals surface area contributed by atoms with E-state index in [9.17, 15) is 13.2 Å². The number of likely N-dealkylation sites (N-methyl/N-ethyl adjacent to an activating group) is 1. The summed E-state index contributed by atoms with van der Waals surface area (Å²) in [6, 6.07) is 12.2. The van der Waals surface area contributed by atoms with Gasteiger partial charge in [-0.15, -0.1) is 0 Å². The number of carbonyl (C=O) groups excluding carboxylic acids is 1. The number of fused-ring (bicyclic) bond motifs is 1. The van der Waals surface area contributed by atoms with Gasteiger partial charge >= 0.3 is 0 Å². The summed E-state index contributed by atoms with van der Waals surface area (Å²) in [6.07, 6.45) is 0.297. The molecule has 0 bridgehead atoms. The van der Waals surface area contributed by atoms with Crippen molar-refractivity contribution in [3.63, 3.8) is 0 Å². The molecule has 3 rings (SSSR count). The van der Waals surface area contributed by atoms with E-state index in [4.69, 9.17) is 4.74 Å². The lowest BCUT2D eigenvalue weighted by molar-refractivity contribution is -0.117. The van der Waals surface area contributed by atoms with Crippen molar-refractivity contribution in [2.24, 2.45) is 0 Å². The maximum absolute atomic E-state index is 12.5. The Balaban J connectivity index is 1.80. The second-order valence-corrected chi connectivity index (χ2v) is 7.55. The number of hydrogen-bond donors (Lipinski definition) is 1. The van der Waals surface area contributed by atoms with Crippen LogP contribution < -0.4 is 14.4 Å². The minimum atomic E-state index is -3.60. The number of carbonyl (C=O) groups is 1. The van der Waals surface area contributed by atoms with E-state index < -0.39 is 10.0 Å². The number of rotatable bonds is 6. The molecule has 0 atom stereocenters. The molecular weight excluding hydrogens is 340 g/mol. The van der Waals surface area contributed by atoms with E-state index in [1.165, 1.54) is 7.11 Å². The van der Waals surface area contributed by atoms with Crippen LogP contribution in [0.5, 0.6) is 5.75 Å². The summed E-state index contributed by atoms with van der Waals surface area (Å²) in [5.41, 5.74) is 2.73. The normalized spacial score (nSPS) is 13.7. The van der Waals surface area contributed by atoms with Crippen LogP contribution in [-0.4, -0.2) is 28.0 Å². The molecule has 1 aliphatic heterocycles. The van der Waals surface area contributed by atoms with Crippen molar-refractivity contribution in [2.45, 2.75) is 19.1 Å². The summed E-state index contributed by atoms with van der Waals surface area (Å²) in [5.74, 6) is 0.381. The maximum Gasteiger partial charge on any atom is 0.237 e. The van der Waals surface area contributed by atoms with Gasteiger partial charge < -0.3 is 9.64 Å². The average molecular weight is 360 g/mol. The van der Waals surface area contributed by atoms with E-state index in [2.05, 4.69) is 4.72 Å². The molecule has 0 saturated carbocycles. The first kappa shape index (κ1) is 17.3. The summed E-state index contributed by atoms with van der Waals surface area (Å²) < 4.78 is 32.7. The molecule has 0 aromatic heterocycles. The average Bonchev–Trinajstić information content (AvgIpc) is 2.88. The van der Waals surface area contributed by atoms with Gasteiger partial charge in [-0.25, -0.2) is 8.42 Å². The first-order chi connectivity index (χ1) is 11.9. The van der Waals surface area contributed by atoms with E-state index in [0.717, 1.165) is 11.3 Å². The zero-order valence-corrected chi connectivity index (χ0v) is 15.0. The summed E-state index contributed by atoms with van der Waals surface area (Å²) >= 11 is 0. The van der Waals surface area contributed by atoms with Gasteiger partial charge in [0.2, 0.25) is 15.9 Å². The molecule has 25 heavy (non-hydrogen) atoms. The molecule has 2 aromatic rings. The highest BCUT2D eigenvalue weighted by Gasteiger charge is 2.26. The lowest BCUT2D eigenvalue weighted by atomic mass is 10.1. The number of amides is 1. The number of benzene rings is 2. The minimum absolute atomic E-state index is 0.0338. The van der Waals surface area contributed by atoms with Crippen molar-refractivity contribution >= 4 is 27.3 Å². The number of ether oxygens (including phenoxy) is 1. The second-order valence-electron chi connectivity index (χ2n) is 5.83. The number of anilines is 2. The third kappa shape index (κ3) is 3.61. The molecule has 1 N–H and O–H groups in total. The van der Waals surface area contributed by atoms with Crippen LogP contribution in [0.2, 0.25) is 0 Å². The molecule has 2 aromatic carbocycles. The number of nitrogens with one attached hydrogen (secondary N) is 1. The van der Waals surface area contributed by atoms with Crippen molar-refractivity contribution in [3.8, 4) is 5.75 Å². The number of methoxy groups -OCH3 is 1. The van der Waals surface area contributed by atoms with Gasteiger partial charge in [0.25, 0.3) is 0 Å². The first-order valence-electron chi connectivity index (χ1n) is 7.99. The Morgan fingerprint density at radius 1 is 1.20 bits per heavy atom. The maximum atomic E-state index is 12.5. The Labute approximate surface area is 147 Å². The van der Waals surface area contributed by atoms with Crippen molar-refractivity contribution in [2.75, 3.05) is 23.3 Å². The SMILES string of the molecule is CCN1C(=O)Cc2cc(NS(=O)(=O)Cc3ccccc3OC)ccc21. The fraction of sp³-hybridized carbons (Fsp3) is 0.278. The molecule has 1 amide bonds. The molecule has 6 nitrogen and oxygen atoms in total. The van der Waals surface area contributed by atoms with Crippen LogP contribution >= 0.6 is 0 Å². The molecule has 1 heterocycles. The zero-order valence-electron chi connectivity index (χ0n) is 14.2. The van der Waals surface area contributed by atoms with Crippen LogP contribution in [0.4, 0.5) is 11.4 Å². The molecule has 0 radical (unpaired) electrons. The van der Waals surface area contributed by atoms with Gasteiger partial charge in [-0.05, 0) is 36.8 Å². The van der Waals surface area contributed by atoms with Gasteiger partial charge in [-0.3, -0.25) is 9.52 Å². The molecule has 0 saturated heterocycles. The Hall–Kier alpha value is -2.54. The third-order valence-electron chi connectivity index (χ3n) is 4.14. The number of nitrogens with zero attached hydrogens (tertiary/aromatic N) is 1. The van der Waals surface area contributed by atoms with Crippen LogP contribution in [-0.2, 0) is 27.0 Å². The Morgan fingerprint density at radius 3 is 2.68 bits per heavy atom. The van der Waals surface area contributed by atoms with E-state index in [1.807, 2.05) is 6.92 Å². The van der Waals surface area contributed by atoms with Gasteiger partial charge in [-0.2, -0.15) is 0 Å². The fourth-order valence-corrected chi connectivity index (χ4v) is 4.24. The summed E-state index contributed by atoms with van der Waals surface area (Å²) in [7, 11) is -2.09.